The predicted molar refractivity (Wildman–Crippen MR) is 147 cm³/mol. The fraction of sp³-hybridized carbons (Fsp3) is 0.400. The van der Waals surface area contributed by atoms with Gasteiger partial charge in [-0.2, -0.15) is 5.10 Å². The highest BCUT2D eigenvalue weighted by atomic mass is 127. The molecule has 0 unspecified atom stereocenters. The first-order valence-corrected chi connectivity index (χ1v) is 13.5. The number of hydrogen-bond acceptors (Lipinski definition) is 6. The van der Waals surface area contributed by atoms with E-state index in [-0.39, 0.29) is 37.7 Å². The molecule has 2 atom stereocenters. The highest BCUT2D eigenvalue weighted by molar-refractivity contribution is 14.1. The van der Waals surface area contributed by atoms with Crippen LogP contribution in [0.1, 0.15) is 30.7 Å². The summed E-state index contributed by atoms with van der Waals surface area (Å²) in [5.41, 5.74) is 2.58. The fourth-order valence-electron chi connectivity index (χ4n) is 3.52. The van der Waals surface area contributed by atoms with Crippen molar-refractivity contribution in [3.05, 3.63) is 73.5 Å². The molecule has 3 rings (SSSR count). The van der Waals surface area contributed by atoms with Crippen LogP contribution in [0.15, 0.2) is 53.1 Å². The molecule has 7 nitrogen and oxygen atoms in total. The number of nitrogens with zero attached hydrogens (tertiary/aromatic N) is 2. The van der Waals surface area contributed by atoms with E-state index < -0.39 is 12.2 Å². The maximum Gasteiger partial charge on any atom is 0.133 e. The van der Waals surface area contributed by atoms with Crippen molar-refractivity contribution in [3.8, 4) is 11.5 Å². The molecular formula is C25H29BrClIN2O5. The molecule has 190 valence electrons. The minimum absolute atomic E-state index is 0.108. The van der Waals surface area contributed by atoms with Crippen molar-refractivity contribution in [3.63, 3.8) is 0 Å². The van der Waals surface area contributed by atoms with E-state index in [1.165, 1.54) is 0 Å². The lowest BCUT2D eigenvalue weighted by Crippen LogP contribution is -2.25. The lowest BCUT2D eigenvalue weighted by Gasteiger charge is -2.27. The molecule has 0 saturated heterocycles. The van der Waals surface area contributed by atoms with E-state index in [2.05, 4.69) is 57.5 Å². The van der Waals surface area contributed by atoms with Crippen molar-refractivity contribution in [2.45, 2.75) is 44.6 Å². The van der Waals surface area contributed by atoms with E-state index in [0.717, 1.165) is 19.2 Å². The SMILES string of the molecule is CC(C)(c1ccc(OC[C@H](O)Cn2ncc(I)c2CO)cc1)c1ccc(OC[C@H](O)CCl)c(Br)c1. The fourth-order valence-corrected chi connectivity index (χ4v) is 4.67. The molecule has 3 aromatic rings. The number of halogens is 3. The van der Waals surface area contributed by atoms with Gasteiger partial charge in [0.25, 0.3) is 0 Å². The summed E-state index contributed by atoms with van der Waals surface area (Å²) in [6.07, 6.45) is 0.176. The van der Waals surface area contributed by atoms with Crippen LogP contribution in [0.2, 0.25) is 0 Å². The van der Waals surface area contributed by atoms with Gasteiger partial charge in [-0.15, -0.1) is 11.6 Å². The van der Waals surface area contributed by atoms with Crippen molar-refractivity contribution in [1.29, 1.82) is 0 Å². The molecule has 1 heterocycles. The van der Waals surface area contributed by atoms with Crippen LogP contribution in [-0.2, 0) is 18.6 Å². The van der Waals surface area contributed by atoms with E-state index in [4.69, 9.17) is 21.1 Å². The molecule has 0 fully saturated rings. The zero-order valence-electron chi connectivity index (χ0n) is 19.5. The number of ether oxygens (including phenoxy) is 2. The Morgan fingerprint density at radius 3 is 2.34 bits per heavy atom. The van der Waals surface area contributed by atoms with Gasteiger partial charge in [0.15, 0.2) is 0 Å². The van der Waals surface area contributed by atoms with E-state index in [9.17, 15) is 15.3 Å². The van der Waals surface area contributed by atoms with E-state index in [1.54, 1.807) is 10.9 Å². The third-order valence-electron chi connectivity index (χ3n) is 5.71. The van der Waals surface area contributed by atoms with Crippen LogP contribution in [0.4, 0.5) is 0 Å². The first kappa shape index (κ1) is 28.2. The number of rotatable bonds is 12. The van der Waals surface area contributed by atoms with Gasteiger partial charge < -0.3 is 24.8 Å². The molecular weight excluding hydrogens is 651 g/mol. The van der Waals surface area contributed by atoms with Gasteiger partial charge in [-0.05, 0) is 73.9 Å². The van der Waals surface area contributed by atoms with Crippen molar-refractivity contribution < 1.29 is 24.8 Å². The smallest absolute Gasteiger partial charge is 0.133 e. The number of aromatic nitrogens is 2. The lowest BCUT2D eigenvalue weighted by molar-refractivity contribution is 0.0871. The summed E-state index contributed by atoms with van der Waals surface area (Å²) in [4.78, 5) is 0. The van der Waals surface area contributed by atoms with Gasteiger partial charge in [0, 0.05) is 5.41 Å². The van der Waals surface area contributed by atoms with E-state index in [1.807, 2.05) is 42.5 Å². The molecule has 10 heteroatoms. The van der Waals surface area contributed by atoms with Crippen molar-refractivity contribution in [1.82, 2.24) is 9.78 Å². The molecule has 1 aromatic heterocycles. The lowest BCUT2D eigenvalue weighted by atomic mass is 9.78. The third kappa shape index (κ3) is 7.33. The van der Waals surface area contributed by atoms with Gasteiger partial charge in [-0.25, -0.2) is 0 Å². The van der Waals surface area contributed by atoms with Gasteiger partial charge in [0.1, 0.15) is 36.9 Å². The Morgan fingerprint density at radius 2 is 1.71 bits per heavy atom. The minimum atomic E-state index is -0.768. The van der Waals surface area contributed by atoms with Crippen molar-refractivity contribution in [2.24, 2.45) is 0 Å². The highest BCUT2D eigenvalue weighted by Gasteiger charge is 2.24. The number of alkyl halides is 1. The molecule has 0 radical (unpaired) electrons. The van der Waals surface area contributed by atoms with E-state index >= 15 is 0 Å². The van der Waals surface area contributed by atoms with Crippen LogP contribution in [0, 0.1) is 3.57 Å². The van der Waals surface area contributed by atoms with Crippen LogP contribution >= 0.6 is 50.1 Å². The topological polar surface area (TPSA) is 97.0 Å². The molecule has 2 aromatic carbocycles. The first-order valence-electron chi connectivity index (χ1n) is 11.0. The summed E-state index contributed by atoms with van der Waals surface area (Å²) >= 11 is 11.3. The Hall–Kier alpha value is -1.37. The van der Waals surface area contributed by atoms with Gasteiger partial charge in [-0.3, -0.25) is 4.68 Å². The second-order valence-corrected chi connectivity index (χ2v) is 11.0. The van der Waals surface area contributed by atoms with Gasteiger partial charge >= 0.3 is 0 Å². The second-order valence-electron chi connectivity index (χ2n) is 8.66. The van der Waals surface area contributed by atoms with Crippen LogP contribution in [0.25, 0.3) is 0 Å². The van der Waals surface area contributed by atoms with Crippen LogP contribution < -0.4 is 9.47 Å². The summed E-state index contributed by atoms with van der Waals surface area (Å²) in [6, 6.07) is 13.7. The normalized spacial score (nSPS) is 13.5. The Bertz CT molecular complexity index is 1110. The van der Waals surface area contributed by atoms with Crippen molar-refractivity contribution in [2.75, 3.05) is 19.1 Å². The largest absolute Gasteiger partial charge is 0.491 e. The molecule has 0 aliphatic heterocycles. The summed E-state index contributed by atoms with van der Waals surface area (Å²) in [6.45, 7) is 4.62. The Morgan fingerprint density at radius 1 is 1.06 bits per heavy atom. The summed E-state index contributed by atoms with van der Waals surface area (Å²) < 4.78 is 14.7. The van der Waals surface area contributed by atoms with Crippen molar-refractivity contribution >= 4 is 50.1 Å². The third-order valence-corrected chi connectivity index (χ3v) is 7.59. The summed E-state index contributed by atoms with van der Waals surface area (Å²) in [5.74, 6) is 1.42. The number of aliphatic hydroxyl groups is 3. The van der Waals surface area contributed by atoms with Crippen LogP contribution in [0.3, 0.4) is 0 Å². The molecule has 0 spiro atoms. The Balaban J connectivity index is 1.61. The maximum atomic E-state index is 10.4. The van der Waals surface area contributed by atoms with E-state index in [0.29, 0.717) is 17.2 Å². The average molecular weight is 680 g/mol. The highest BCUT2D eigenvalue weighted by Crippen LogP contribution is 2.36. The molecule has 35 heavy (non-hydrogen) atoms. The molecule has 3 N–H and O–H groups in total. The first-order chi connectivity index (χ1) is 16.6. The number of benzene rings is 2. The zero-order chi connectivity index (χ0) is 25.6. The Labute approximate surface area is 232 Å². The Kier molecular flexibility index (Phi) is 10.3. The number of hydrogen-bond donors (Lipinski definition) is 3. The van der Waals surface area contributed by atoms with Gasteiger partial charge in [0.2, 0.25) is 0 Å². The zero-order valence-corrected chi connectivity index (χ0v) is 24.0. The molecule has 0 bridgehead atoms. The maximum absolute atomic E-state index is 10.4. The van der Waals surface area contributed by atoms with Crippen LogP contribution in [-0.4, -0.2) is 56.4 Å². The van der Waals surface area contributed by atoms with Gasteiger partial charge in [-0.1, -0.05) is 32.0 Å². The summed E-state index contributed by atoms with van der Waals surface area (Å²) in [5, 5.41) is 33.6. The average Bonchev–Trinajstić information content (AvgIpc) is 3.20. The van der Waals surface area contributed by atoms with Gasteiger partial charge in [0.05, 0.1) is 39.0 Å². The quantitative estimate of drug-likeness (QED) is 0.193. The second kappa shape index (κ2) is 12.7. The minimum Gasteiger partial charge on any atom is -0.491 e. The summed E-state index contributed by atoms with van der Waals surface area (Å²) in [7, 11) is 0. The molecule has 0 aliphatic rings. The molecule has 0 aliphatic carbocycles. The monoisotopic (exact) mass is 678 g/mol. The predicted octanol–water partition coefficient (Wildman–Crippen LogP) is 4.49. The molecule has 0 amide bonds. The number of aliphatic hydroxyl groups excluding tert-OH is 3. The van der Waals surface area contributed by atoms with Crippen LogP contribution in [0.5, 0.6) is 11.5 Å². The standard InChI is InChI=1S/C25H29BrClIN2O5/c1-25(2,17-5-8-24(21(26)9-17)35-14-18(32)10-27)16-3-6-20(7-4-16)34-15-19(33)12-30-23(13-31)22(28)11-29-30/h3-9,11,18-19,31-33H,10,12-15H2,1-2H3/t18-,19-/m1/s1. The molecule has 0 saturated carbocycles.